The summed E-state index contributed by atoms with van der Waals surface area (Å²) in [4.78, 5) is 4.72. The van der Waals surface area contributed by atoms with Gasteiger partial charge in [0.2, 0.25) is 5.95 Å². The zero-order valence-electron chi connectivity index (χ0n) is 13.7. The Hall–Kier alpha value is -3.26. The van der Waals surface area contributed by atoms with Gasteiger partial charge in [-0.1, -0.05) is 36.4 Å². The number of rotatable bonds is 0. The minimum atomic E-state index is -0.593. The number of nitrogens with zero attached hydrogens (tertiary/aromatic N) is 3. The van der Waals surface area contributed by atoms with E-state index in [0.717, 1.165) is 35.9 Å². The first-order valence-electron chi connectivity index (χ1n) is 8.49. The van der Waals surface area contributed by atoms with E-state index in [9.17, 15) is 5.26 Å². The molecule has 1 unspecified atom stereocenters. The molecule has 0 saturated heterocycles. The zero-order valence-corrected chi connectivity index (χ0v) is 13.7. The van der Waals surface area contributed by atoms with Gasteiger partial charge >= 0.3 is 0 Å². The lowest BCUT2D eigenvalue weighted by molar-refractivity contribution is 0.369. The molecule has 25 heavy (non-hydrogen) atoms. The lowest BCUT2D eigenvalue weighted by Crippen LogP contribution is -2.45. The van der Waals surface area contributed by atoms with Gasteiger partial charge in [0.15, 0.2) is 0 Å². The molecule has 0 radical (unpaired) electrons. The van der Waals surface area contributed by atoms with Crippen LogP contribution in [-0.2, 0) is 12.0 Å². The Morgan fingerprint density at radius 2 is 1.96 bits per heavy atom. The second-order valence-electron chi connectivity index (χ2n) is 6.66. The van der Waals surface area contributed by atoms with Crippen LogP contribution in [0.4, 0.5) is 5.95 Å². The van der Waals surface area contributed by atoms with E-state index in [4.69, 9.17) is 10.7 Å². The summed E-state index contributed by atoms with van der Waals surface area (Å²) in [7, 11) is 0. The summed E-state index contributed by atoms with van der Waals surface area (Å²) < 4.78 is 2.18. The maximum absolute atomic E-state index is 9.98. The van der Waals surface area contributed by atoms with Gasteiger partial charge in [-0.2, -0.15) is 5.26 Å². The first-order valence-corrected chi connectivity index (χ1v) is 8.49. The highest BCUT2D eigenvalue weighted by Crippen LogP contribution is 2.49. The molecule has 0 bridgehead atoms. The molecule has 1 aliphatic carbocycles. The topological polar surface area (TPSA) is 79.7 Å². The van der Waals surface area contributed by atoms with Crippen molar-refractivity contribution in [2.24, 2.45) is 5.73 Å². The van der Waals surface area contributed by atoms with Crippen molar-refractivity contribution in [2.45, 2.75) is 24.8 Å². The van der Waals surface area contributed by atoms with E-state index in [1.54, 1.807) is 0 Å². The number of anilines is 1. The predicted octanol–water partition coefficient (Wildman–Crippen LogP) is 3.24. The Morgan fingerprint density at radius 3 is 2.84 bits per heavy atom. The van der Waals surface area contributed by atoms with Crippen LogP contribution in [0.15, 0.2) is 59.9 Å². The number of para-hydroxylation sites is 2. The van der Waals surface area contributed by atoms with Crippen LogP contribution in [0.25, 0.3) is 11.0 Å². The molecule has 5 nitrogen and oxygen atoms in total. The lowest BCUT2D eigenvalue weighted by Gasteiger charge is -2.43. The Labute approximate surface area is 145 Å². The normalized spacial score (nSPS) is 21.6. The van der Waals surface area contributed by atoms with Gasteiger partial charge in [0.25, 0.3) is 0 Å². The minimum Gasteiger partial charge on any atom is -0.384 e. The van der Waals surface area contributed by atoms with Gasteiger partial charge in [0, 0.05) is 0 Å². The highest BCUT2D eigenvalue weighted by Gasteiger charge is 2.47. The van der Waals surface area contributed by atoms with E-state index in [0.29, 0.717) is 17.3 Å². The molecule has 0 fully saturated rings. The standard InChI is InChI=1S/C20H17N5/c21-12-15-18(22)24-19-23-16-9-3-4-10-17(16)25(19)20(15)11-5-7-13-6-1-2-8-14(13)20/h1-4,6,8-10H,5,7,11,22H2,(H,23,24). The third-order valence-electron chi connectivity index (χ3n) is 5.43. The molecule has 1 atom stereocenters. The van der Waals surface area contributed by atoms with Crippen LogP contribution >= 0.6 is 0 Å². The number of aromatic nitrogens is 2. The number of nitriles is 1. The first-order chi connectivity index (χ1) is 12.3. The van der Waals surface area contributed by atoms with Gasteiger partial charge in [-0.3, -0.25) is 4.57 Å². The number of aryl methyl sites for hydroxylation is 1. The van der Waals surface area contributed by atoms with E-state index in [1.165, 1.54) is 5.56 Å². The van der Waals surface area contributed by atoms with Crippen LogP contribution in [0.3, 0.4) is 0 Å². The third-order valence-corrected chi connectivity index (χ3v) is 5.43. The number of allylic oxidation sites excluding steroid dienone is 1. The van der Waals surface area contributed by atoms with Gasteiger partial charge in [-0.25, -0.2) is 4.98 Å². The Balaban J connectivity index is 1.96. The molecule has 2 aliphatic rings. The summed E-state index contributed by atoms with van der Waals surface area (Å²) in [6, 6.07) is 18.8. The molecule has 1 aliphatic heterocycles. The summed E-state index contributed by atoms with van der Waals surface area (Å²) in [5.41, 5.74) is 10.6. The Kier molecular flexibility index (Phi) is 2.75. The molecule has 5 rings (SSSR count). The van der Waals surface area contributed by atoms with Crippen LogP contribution in [0.2, 0.25) is 0 Å². The number of nitrogens with one attached hydrogen (secondary N) is 1. The summed E-state index contributed by atoms with van der Waals surface area (Å²) in [6.45, 7) is 0. The maximum atomic E-state index is 9.98. The minimum absolute atomic E-state index is 0.405. The van der Waals surface area contributed by atoms with Gasteiger partial charge in [0.1, 0.15) is 23.0 Å². The first kappa shape index (κ1) is 14.1. The van der Waals surface area contributed by atoms with Gasteiger partial charge < -0.3 is 11.1 Å². The fourth-order valence-corrected chi connectivity index (χ4v) is 4.47. The second-order valence-corrected chi connectivity index (χ2v) is 6.66. The predicted molar refractivity (Wildman–Crippen MR) is 96.6 cm³/mol. The third kappa shape index (κ3) is 1.69. The number of hydrogen-bond acceptors (Lipinski definition) is 4. The fraction of sp³-hybridized carbons (Fsp3) is 0.200. The summed E-state index contributed by atoms with van der Waals surface area (Å²) >= 11 is 0. The van der Waals surface area contributed by atoms with E-state index in [1.807, 2.05) is 24.3 Å². The average molecular weight is 327 g/mol. The van der Waals surface area contributed by atoms with Crippen molar-refractivity contribution in [3.05, 3.63) is 71.1 Å². The van der Waals surface area contributed by atoms with Crippen LogP contribution < -0.4 is 11.1 Å². The molecule has 3 N–H and O–H groups in total. The maximum Gasteiger partial charge on any atom is 0.210 e. The molecular weight excluding hydrogens is 310 g/mol. The van der Waals surface area contributed by atoms with E-state index in [2.05, 4.69) is 40.2 Å². The van der Waals surface area contributed by atoms with Crippen LogP contribution in [0.1, 0.15) is 24.0 Å². The zero-order chi connectivity index (χ0) is 17.0. The van der Waals surface area contributed by atoms with Gasteiger partial charge in [-0.05, 0) is 42.5 Å². The number of hydrogen-bond donors (Lipinski definition) is 2. The molecule has 5 heteroatoms. The van der Waals surface area contributed by atoms with Gasteiger partial charge in [-0.15, -0.1) is 0 Å². The number of fused-ring (bicyclic) bond motifs is 6. The van der Waals surface area contributed by atoms with Crippen molar-refractivity contribution < 1.29 is 0 Å². The molecule has 2 heterocycles. The molecule has 0 amide bonds. The number of benzene rings is 2. The van der Waals surface area contributed by atoms with E-state index < -0.39 is 5.54 Å². The van der Waals surface area contributed by atoms with E-state index >= 15 is 0 Å². The summed E-state index contributed by atoms with van der Waals surface area (Å²) in [6.07, 6.45) is 2.86. The second kappa shape index (κ2) is 4.87. The van der Waals surface area contributed by atoms with Crippen molar-refractivity contribution in [3.8, 4) is 6.07 Å². The monoisotopic (exact) mass is 327 g/mol. The van der Waals surface area contributed by atoms with Crippen molar-refractivity contribution in [1.82, 2.24) is 9.55 Å². The van der Waals surface area contributed by atoms with Crippen LogP contribution in [0.5, 0.6) is 0 Å². The molecule has 1 spiro atoms. The fourth-order valence-electron chi connectivity index (χ4n) is 4.47. The molecule has 1 aromatic heterocycles. The summed E-state index contributed by atoms with van der Waals surface area (Å²) in [5, 5.41) is 13.1. The SMILES string of the molecule is N#CC1=C(N)Nc2nc3ccccc3n2C12CCCc1ccccc12. The van der Waals surface area contributed by atoms with Crippen molar-refractivity contribution >= 4 is 17.0 Å². The van der Waals surface area contributed by atoms with Crippen molar-refractivity contribution in [1.29, 1.82) is 5.26 Å². The van der Waals surface area contributed by atoms with E-state index in [-0.39, 0.29) is 0 Å². The number of nitrogens with two attached hydrogens (primary N) is 1. The quantitative estimate of drug-likeness (QED) is 0.664. The molecular formula is C20H17N5. The van der Waals surface area contributed by atoms with Gasteiger partial charge in [0.05, 0.1) is 11.0 Å². The molecule has 0 saturated carbocycles. The Morgan fingerprint density at radius 1 is 1.16 bits per heavy atom. The van der Waals surface area contributed by atoms with Crippen LogP contribution in [-0.4, -0.2) is 9.55 Å². The smallest absolute Gasteiger partial charge is 0.210 e. The molecule has 122 valence electrons. The van der Waals surface area contributed by atoms with Crippen LogP contribution in [0, 0.1) is 11.3 Å². The largest absolute Gasteiger partial charge is 0.384 e. The average Bonchev–Trinajstić information content (AvgIpc) is 3.01. The summed E-state index contributed by atoms with van der Waals surface area (Å²) in [5.74, 6) is 1.11. The highest BCUT2D eigenvalue weighted by molar-refractivity contribution is 5.81. The van der Waals surface area contributed by atoms with Crippen molar-refractivity contribution in [2.75, 3.05) is 5.32 Å². The lowest BCUT2D eigenvalue weighted by atomic mass is 9.71. The highest BCUT2D eigenvalue weighted by atomic mass is 15.3. The Bertz CT molecular complexity index is 1080. The van der Waals surface area contributed by atoms with Crippen molar-refractivity contribution in [3.63, 3.8) is 0 Å². The molecule has 3 aromatic rings. The molecule has 2 aromatic carbocycles. The number of imidazole rings is 1.